The molecule has 0 saturated carbocycles. The summed E-state index contributed by atoms with van der Waals surface area (Å²) in [4.78, 5) is 15.8. The molecule has 3 N–H and O–H groups in total. The SMILES string of the molecule is CC1(NC(=O)c2ccnc(N)c2)CCOC1. The minimum Gasteiger partial charge on any atom is -0.384 e. The minimum atomic E-state index is -0.269. The highest BCUT2D eigenvalue weighted by molar-refractivity contribution is 5.95. The molecule has 1 unspecified atom stereocenters. The quantitative estimate of drug-likeness (QED) is 0.765. The number of hydrogen-bond donors (Lipinski definition) is 2. The Morgan fingerprint density at radius 3 is 3.12 bits per heavy atom. The van der Waals surface area contributed by atoms with Gasteiger partial charge >= 0.3 is 0 Å². The van der Waals surface area contributed by atoms with Crippen molar-refractivity contribution >= 4 is 11.7 Å². The number of rotatable bonds is 2. The number of carbonyl (C=O) groups excluding carboxylic acids is 1. The fourth-order valence-corrected chi connectivity index (χ4v) is 1.70. The lowest BCUT2D eigenvalue weighted by atomic mass is 10.0. The summed E-state index contributed by atoms with van der Waals surface area (Å²) in [7, 11) is 0. The Kier molecular flexibility index (Phi) is 2.78. The molecule has 2 heterocycles. The van der Waals surface area contributed by atoms with E-state index in [1.807, 2.05) is 6.92 Å². The molecule has 0 radical (unpaired) electrons. The van der Waals surface area contributed by atoms with Gasteiger partial charge in [-0.1, -0.05) is 0 Å². The molecule has 0 aliphatic carbocycles. The van der Waals surface area contributed by atoms with E-state index in [9.17, 15) is 4.79 Å². The summed E-state index contributed by atoms with van der Waals surface area (Å²) in [6.45, 7) is 3.22. The third-order valence-corrected chi connectivity index (χ3v) is 2.68. The van der Waals surface area contributed by atoms with E-state index < -0.39 is 0 Å². The Balaban J connectivity index is 2.08. The molecule has 1 aromatic rings. The maximum absolute atomic E-state index is 11.9. The molecular weight excluding hydrogens is 206 g/mol. The first kappa shape index (κ1) is 10.9. The monoisotopic (exact) mass is 221 g/mol. The third-order valence-electron chi connectivity index (χ3n) is 2.68. The lowest BCUT2D eigenvalue weighted by Gasteiger charge is -2.23. The van der Waals surface area contributed by atoms with Crippen LogP contribution < -0.4 is 11.1 Å². The van der Waals surface area contributed by atoms with Crippen LogP contribution in [0.3, 0.4) is 0 Å². The largest absolute Gasteiger partial charge is 0.384 e. The lowest BCUT2D eigenvalue weighted by Crippen LogP contribution is -2.46. The predicted octanol–water partition coefficient (Wildman–Crippen LogP) is 0.573. The maximum atomic E-state index is 11.9. The molecule has 1 atom stereocenters. The summed E-state index contributed by atoms with van der Waals surface area (Å²) in [5.74, 6) is 0.211. The summed E-state index contributed by atoms with van der Waals surface area (Å²) < 4.78 is 5.27. The number of ether oxygens (including phenoxy) is 1. The zero-order chi connectivity index (χ0) is 11.6. The molecule has 0 spiro atoms. The van der Waals surface area contributed by atoms with Crippen molar-refractivity contribution in [3.63, 3.8) is 0 Å². The zero-order valence-electron chi connectivity index (χ0n) is 9.19. The first-order valence-electron chi connectivity index (χ1n) is 5.21. The van der Waals surface area contributed by atoms with Crippen LogP contribution in [-0.4, -0.2) is 29.6 Å². The van der Waals surface area contributed by atoms with Gasteiger partial charge in [0.1, 0.15) is 5.82 Å². The molecule has 1 aliphatic heterocycles. The molecule has 5 nitrogen and oxygen atoms in total. The van der Waals surface area contributed by atoms with Gasteiger partial charge in [-0.25, -0.2) is 4.98 Å². The average molecular weight is 221 g/mol. The van der Waals surface area contributed by atoms with E-state index in [0.717, 1.165) is 6.42 Å². The van der Waals surface area contributed by atoms with Gasteiger partial charge in [-0.3, -0.25) is 4.79 Å². The van der Waals surface area contributed by atoms with Gasteiger partial charge in [0.2, 0.25) is 0 Å². The van der Waals surface area contributed by atoms with E-state index in [1.165, 1.54) is 6.20 Å². The van der Waals surface area contributed by atoms with E-state index in [4.69, 9.17) is 10.5 Å². The summed E-state index contributed by atoms with van der Waals surface area (Å²) >= 11 is 0. The molecule has 1 amide bonds. The molecule has 1 aromatic heterocycles. The average Bonchev–Trinajstić information content (AvgIpc) is 2.65. The molecule has 0 aromatic carbocycles. The second-order valence-corrected chi connectivity index (χ2v) is 4.29. The minimum absolute atomic E-state index is 0.137. The number of nitrogens with two attached hydrogens (primary N) is 1. The summed E-state index contributed by atoms with van der Waals surface area (Å²) in [6.07, 6.45) is 2.36. The number of nitrogens with zero attached hydrogens (tertiary/aromatic N) is 1. The van der Waals surface area contributed by atoms with E-state index in [0.29, 0.717) is 24.6 Å². The number of amides is 1. The van der Waals surface area contributed by atoms with Crippen LogP contribution >= 0.6 is 0 Å². The van der Waals surface area contributed by atoms with Crippen LogP contribution in [0.15, 0.2) is 18.3 Å². The third kappa shape index (κ3) is 2.30. The van der Waals surface area contributed by atoms with Gasteiger partial charge in [0.25, 0.3) is 5.91 Å². The number of carbonyl (C=O) groups is 1. The predicted molar refractivity (Wildman–Crippen MR) is 60.0 cm³/mol. The molecule has 16 heavy (non-hydrogen) atoms. The van der Waals surface area contributed by atoms with E-state index >= 15 is 0 Å². The van der Waals surface area contributed by atoms with Gasteiger partial charge in [-0.05, 0) is 25.5 Å². The van der Waals surface area contributed by atoms with Crippen molar-refractivity contribution in [3.8, 4) is 0 Å². The van der Waals surface area contributed by atoms with Crippen LogP contribution in [0.2, 0.25) is 0 Å². The fraction of sp³-hybridized carbons (Fsp3) is 0.455. The molecule has 86 valence electrons. The van der Waals surface area contributed by atoms with E-state index in [-0.39, 0.29) is 11.4 Å². The second-order valence-electron chi connectivity index (χ2n) is 4.29. The van der Waals surface area contributed by atoms with Crippen molar-refractivity contribution in [1.82, 2.24) is 10.3 Å². The molecule has 5 heteroatoms. The Bertz CT molecular complexity index is 400. The lowest BCUT2D eigenvalue weighted by molar-refractivity contribution is 0.0890. The van der Waals surface area contributed by atoms with Crippen LogP contribution in [0, 0.1) is 0 Å². The first-order valence-corrected chi connectivity index (χ1v) is 5.21. The topological polar surface area (TPSA) is 77.2 Å². The normalized spacial score (nSPS) is 24.3. The molecule has 2 rings (SSSR count). The fourth-order valence-electron chi connectivity index (χ4n) is 1.70. The van der Waals surface area contributed by atoms with Gasteiger partial charge in [0.15, 0.2) is 0 Å². The Labute approximate surface area is 94.0 Å². The number of aromatic nitrogens is 1. The summed E-state index contributed by atoms with van der Waals surface area (Å²) in [5.41, 5.74) is 5.78. The molecule has 1 fully saturated rings. The highest BCUT2D eigenvalue weighted by Gasteiger charge is 2.31. The Hall–Kier alpha value is -1.62. The highest BCUT2D eigenvalue weighted by Crippen LogP contribution is 2.18. The second kappa shape index (κ2) is 4.09. The first-order chi connectivity index (χ1) is 7.59. The van der Waals surface area contributed by atoms with Crippen molar-refractivity contribution in [1.29, 1.82) is 0 Å². The van der Waals surface area contributed by atoms with Crippen molar-refractivity contribution in [3.05, 3.63) is 23.9 Å². The van der Waals surface area contributed by atoms with Crippen LogP contribution in [0.5, 0.6) is 0 Å². The van der Waals surface area contributed by atoms with Crippen molar-refractivity contribution in [2.24, 2.45) is 0 Å². The van der Waals surface area contributed by atoms with E-state index in [2.05, 4.69) is 10.3 Å². The number of nitrogens with one attached hydrogen (secondary N) is 1. The van der Waals surface area contributed by atoms with Crippen molar-refractivity contribution in [2.75, 3.05) is 18.9 Å². The number of pyridine rings is 1. The van der Waals surface area contributed by atoms with Crippen LogP contribution in [-0.2, 0) is 4.74 Å². The van der Waals surface area contributed by atoms with Gasteiger partial charge in [-0.15, -0.1) is 0 Å². The van der Waals surface area contributed by atoms with Crippen LogP contribution in [0.25, 0.3) is 0 Å². The zero-order valence-corrected chi connectivity index (χ0v) is 9.19. The van der Waals surface area contributed by atoms with Crippen molar-refractivity contribution < 1.29 is 9.53 Å². The van der Waals surface area contributed by atoms with Gasteiger partial charge < -0.3 is 15.8 Å². The smallest absolute Gasteiger partial charge is 0.251 e. The number of hydrogen-bond acceptors (Lipinski definition) is 4. The van der Waals surface area contributed by atoms with Crippen LogP contribution in [0.4, 0.5) is 5.82 Å². The molecule has 1 saturated heterocycles. The van der Waals surface area contributed by atoms with E-state index in [1.54, 1.807) is 12.1 Å². The maximum Gasteiger partial charge on any atom is 0.251 e. The molecule has 0 bridgehead atoms. The number of anilines is 1. The number of nitrogen functional groups attached to an aromatic ring is 1. The summed E-state index contributed by atoms with van der Waals surface area (Å²) in [6, 6.07) is 3.21. The summed E-state index contributed by atoms with van der Waals surface area (Å²) in [5, 5.41) is 2.95. The Morgan fingerprint density at radius 1 is 1.69 bits per heavy atom. The highest BCUT2D eigenvalue weighted by atomic mass is 16.5. The van der Waals surface area contributed by atoms with Crippen molar-refractivity contribution in [2.45, 2.75) is 18.9 Å². The Morgan fingerprint density at radius 2 is 2.50 bits per heavy atom. The van der Waals surface area contributed by atoms with Gasteiger partial charge in [-0.2, -0.15) is 0 Å². The standard InChI is InChI=1S/C11H15N3O2/c1-11(3-5-16-7-11)14-10(15)8-2-4-13-9(12)6-8/h2,4,6H,3,5,7H2,1H3,(H2,12,13)(H,14,15). The molecular formula is C11H15N3O2. The van der Waals surface area contributed by atoms with Gasteiger partial charge in [0, 0.05) is 18.4 Å². The molecule has 1 aliphatic rings. The van der Waals surface area contributed by atoms with Gasteiger partial charge in [0.05, 0.1) is 12.1 Å². The van der Waals surface area contributed by atoms with Crippen LogP contribution in [0.1, 0.15) is 23.7 Å².